The lowest BCUT2D eigenvalue weighted by atomic mass is 9.83. The monoisotopic (exact) mass is 563 g/mol. The van der Waals surface area contributed by atoms with Gasteiger partial charge >= 0.3 is 0 Å². The van der Waals surface area contributed by atoms with E-state index >= 15 is 0 Å². The van der Waals surface area contributed by atoms with E-state index in [0.717, 1.165) is 0 Å². The molecule has 1 aromatic carbocycles. The minimum atomic E-state index is -2.63. The first-order valence-corrected chi connectivity index (χ1v) is 13.2. The SMILES string of the molecule is O=C(c1cccn2cncc12)N1CC[C@@H](c2cc(F)cc(Cl)c2)[C@H](NC(=O)C2(NCC(F)F)CCOCC2)C1. The van der Waals surface area contributed by atoms with Crippen LogP contribution in [0.15, 0.2) is 49.1 Å². The van der Waals surface area contributed by atoms with E-state index in [9.17, 15) is 22.8 Å². The second-order valence-electron chi connectivity index (χ2n) is 10.0. The molecule has 0 unspecified atom stereocenters. The third kappa shape index (κ3) is 5.90. The molecular weight excluding hydrogens is 535 g/mol. The highest BCUT2D eigenvalue weighted by Crippen LogP contribution is 2.33. The van der Waals surface area contributed by atoms with E-state index in [-0.39, 0.29) is 49.4 Å². The van der Waals surface area contributed by atoms with E-state index in [0.29, 0.717) is 29.6 Å². The van der Waals surface area contributed by atoms with E-state index in [2.05, 4.69) is 15.6 Å². The van der Waals surface area contributed by atoms with Crippen molar-refractivity contribution in [1.82, 2.24) is 24.9 Å². The number of likely N-dealkylation sites (tertiary alicyclic amines) is 1. The summed E-state index contributed by atoms with van der Waals surface area (Å²) in [5, 5.41) is 6.01. The third-order valence-electron chi connectivity index (χ3n) is 7.59. The molecule has 2 aromatic heterocycles. The summed E-state index contributed by atoms with van der Waals surface area (Å²) in [4.78, 5) is 33.1. The van der Waals surface area contributed by atoms with Gasteiger partial charge in [-0.15, -0.1) is 0 Å². The van der Waals surface area contributed by atoms with Crippen LogP contribution in [0.2, 0.25) is 5.02 Å². The predicted molar refractivity (Wildman–Crippen MR) is 139 cm³/mol. The van der Waals surface area contributed by atoms with Gasteiger partial charge in [-0.2, -0.15) is 0 Å². The van der Waals surface area contributed by atoms with Crippen molar-refractivity contribution in [2.24, 2.45) is 0 Å². The van der Waals surface area contributed by atoms with Gasteiger partial charge in [0, 0.05) is 43.4 Å². The van der Waals surface area contributed by atoms with Crippen molar-refractivity contribution in [2.75, 3.05) is 32.8 Å². The van der Waals surface area contributed by atoms with Crippen LogP contribution in [0.5, 0.6) is 0 Å². The van der Waals surface area contributed by atoms with Crippen LogP contribution in [-0.4, -0.2) is 77.0 Å². The fourth-order valence-electron chi connectivity index (χ4n) is 5.55. The molecule has 0 spiro atoms. The fraction of sp³-hybridized carbons (Fsp3) is 0.444. The highest BCUT2D eigenvalue weighted by Gasteiger charge is 2.43. The zero-order valence-corrected chi connectivity index (χ0v) is 21.8. The van der Waals surface area contributed by atoms with Gasteiger partial charge in [0.05, 0.1) is 36.2 Å². The van der Waals surface area contributed by atoms with Gasteiger partial charge < -0.3 is 19.4 Å². The Hall–Kier alpha value is -3.15. The van der Waals surface area contributed by atoms with Crippen LogP contribution in [0, 0.1) is 5.82 Å². The summed E-state index contributed by atoms with van der Waals surface area (Å²) in [6.07, 6.45) is 3.25. The third-order valence-corrected chi connectivity index (χ3v) is 7.81. The normalized spacial score (nSPS) is 21.3. The molecule has 12 heteroatoms. The van der Waals surface area contributed by atoms with Crippen molar-refractivity contribution in [2.45, 2.75) is 43.2 Å². The fourth-order valence-corrected chi connectivity index (χ4v) is 5.78. The Balaban J connectivity index is 1.43. The number of aromatic nitrogens is 2. The summed E-state index contributed by atoms with van der Waals surface area (Å²) < 4.78 is 47.7. The minimum absolute atomic E-state index is 0.139. The molecule has 208 valence electrons. The van der Waals surface area contributed by atoms with Gasteiger partial charge in [0.1, 0.15) is 11.4 Å². The number of carbonyl (C=O) groups is 2. The summed E-state index contributed by atoms with van der Waals surface area (Å²) in [6, 6.07) is 7.08. The molecule has 0 saturated carbocycles. The smallest absolute Gasteiger partial charge is 0.256 e. The Morgan fingerprint density at radius 3 is 2.77 bits per heavy atom. The number of benzene rings is 1. The van der Waals surface area contributed by atoms with Crippen LogP contribution in [-0.2, 0) is 9.53 Å². The van der Waals surface area contributed by atoms with Crippen molar-refractivity contribution in [3.05, 3.63) is 71.0 Å². The van der Waals surface area contributed by atoms with Crippen molar-refractivity contribution in [1.29, 1.82) is 0 Å². The van der Waals surface area contributed by atoms with Gasteiger partial charge in [-0.1, -0.05) is 11.6 Å². The molecule has 2 atom stereocenters. The van der Waals surface area contributed by atoms with Gasteiger partial charge in [0.15, 0.2) is 0 Å². The maximum Gasteiger partial charge on any atom is 0.256 e. The molecule has 0 bridgehead atoms. The summed E-state index contributed by atoms with van der Waals surface area (Å²) in [5.74, 6) is -1.54. The number of nitrogens with zero attached hydrogens (tertiary/aromatic N) is 3. The Labute approximate surface area is 228 Å². The molecule has 2 N–H and O–H groups in total. The van der Waals surface area contributed by atoms with E-state index in [4.69, 9.17) is 16.3 Å². The first kappa shape index (κ1) is 27.4. The van der Waals surface area contributed by atoms with Crippen molar-refractivity contribution in [3.63, 3.8) is 0 Å². The number of hydrogen-bond donors (Lipinski definition) is 2. The zero-order valence-electron chi connectivity index (χ0n) is 21.1. The molecule has 8 nitrogen and oxygen atoms in total. The number of amides is 2. The number of piperidine rings is 1. The number of halogens is 4. The van der Waals surface area contributed by atoms with Crippen molar-refractivity contribution >= 4 is 28.9 Å². The molecule has 39 heavy (non-hydrogen) atoms. The largest absolute Gasteiger partial charge is 0.381 e. The number of nitrogens with one attached hydrogen (secondary N) is 2. The Bertz CT molecular complexity index is 1330. The van der Waals surface area contributed by atoms with Gasteiger partial charge in [-0.05, 0) is 55.2 Å². The van der Waals surface area contributed by atoms with Gasteiger partial charge in [0.25, 0.3) is 12.3 Å². The summed E-state index contributed by atoms with van der Waals surface area (Å²) >= 11 is 6.15. The molecule has 5 rings (SSSR count). The number of hydrogen-bond acceptors (Lipinski definition) is 5. The minimum Gasteiger partial charge on any atom is -0.381 e. The van der Waals surface area contributed by atoms with Crippen LogP contribution in [0.1, 0.15) is 41.1 Å². The van der Waals surface area contributed by atoms with Crippen LogP contribution in [0.4, 0.5) is 13.2 Å². The highest BCUT2D eigenvalue weighted by molar-refractivity contribution is 6.30. The van der Waals surface area contributed by atoms with Gasteiger partial charge in [-0.25, -0.2) is 18.2 Å². The molecule has 2 aliphatic heterocycles. The Morgan fingerprint density at radius 2 is 2.03 bits per heavy atom. The number of ether oxygens (including phenoxy) is 1. The zero-order chi connectivity index (χ0) is 27.6. The molecule has 2 amide bonds. The van der Waals surface area contributed by atoms with Crippen molar-refractivity contribution < 1.29 is 27.5 Å². The van der Waals surface area contributed by atoms with Crippen LogP contribution < -0.4 is 10.6 Å². The first-order valence-electron chi connectivity index (χ1n) is 12.8. The molecule has 0 aliphatic carbocycles. The molecule has 0 radical (unpaired) electrons. The first-order chi connectivity index (χ1) is 18.8. The maximum atomic E-state index is 14.3. The Kier molecular flexibility index (Phi) is 8.11. The average molecular weight is 564 g/mol. The second kappa shape index (κ2) is 11.5. The number of imidazole rings is 1. The molecule has 2 fully saturated rings. The lowest BCUT2D eigenvalue weighted by Crippen LogP contribution is -2.64. The van der Waals surface area contributed by atoms with Crippen LogP contribution >= 0.6 is 11.6 Å². The van der Waals surface area contributed by atoms with E-state index < -0.39 is 36.3 Å². The van der Waals surface area contributed by atoms with Crippen LogP contribution in [0.25, 0.3) is 5.52 Å². The van der Waals surface area contributed by atoms with E-state index in [1.807, 2.05) is 0 Å². The number of fused-ring (bicyclic) bond motifs is 1. The topological polar surface area (TPSA) is 88.0 Å². The average Bonchev–Trinajstić information content (AvgIpc) is 3.41. The Morgan fingerprint density at radius 1 is 1.23 bits per heavy atom. The van der Waals surface area contributed by atoms with Crippen molar-refractivity contribution in [3.8, 4) is 0 Å². The van der Waals surface area contributed by atoms with Gasteiger partial charge in [0.2, 0.25) is 5.91 Å². The second-order valence-corrected chi connectivity index (χ2v) is 10.4. The lowest BCUT2D eigenvalue weighted by molar-refractivity contribution is -0.133. The number of pyridine rings is 1. The molecule has 3 aromatic rings. The lowest BCUT2D eigenvalue weighted by Gasteiger charge is -2.42. The van der Waals surface area contributed by atoms with Crippen LogP contribution in [0.3, 0.4) is 0 Å². The highest BCUT2D eigenvalue weighted by atomic mass is 35.5. The molecule has 2 aliphatic rings. The number of alkyl halides is 2. The number of carbonyl (C=O) groups excluding carboxylic acids is 2. The summed E-state index contributed by atoms with van der Waals surface area (Å²) in [6.45, 7) is 0.358. The van der Waals surface area contributed by atoms with E-state index in [1.165, 1.54) is 12.1 Å². The maximum absolute atomic E-state index is 14.3. The summed E-state index contributed by atoms with van der Waals surface area (Å²) in [7, 11) is 0. The molecule has 2 saturated heterocycles. The summed E-state index contributed by atoms with van der Waals surface area (Å²) in [5.41, 5.74) is 0.469. The van der Waals surface area contributed by atoms with Gasteiger partial charge in [-0.3, -0.25) is 14.9 Å². The molecule has 4 heterocycles. The predicted octanol–water partition coefficient (Wildman–Crippen LogP) is 3.65. The number of rotatable bonds is 7. The molecular formula is C27H29ClF3N5O3. The quantitative estimate of drug-likeness (QED) is 0.458. The van der Waals surface area contributed by atoms with E-state index in [1.54, 1.807) is 46.2 Å². The standard InChI is InChI=1S/C27H29ClF3N5O3/c28-18-10-17(11-19(29)12-18)20-3-7-35(25(37)21-2-1-6-36-16-32-13-23(21)36)15-22(20)34-26(38)27(33-14-24(30)31)4-8-39-9-5-27/h1-2,6,10-13,16,20,22,24,33H,3-5,7-9,14-15H2,(H,34,38)/t20-,22+/m0/s1.